The number of halogens is 4. The number of carbonyl (C=O) groups excluding carboxylic acids is 1. The molecule has 0 atom stereocenters. The first kappa shape index (κ1) is 24.1. The quantitative estimate of drug-likeness (QED) is 0.470. The number of hydrogen-bond acceptors (Lipinski definition) is 6. The molecule has 1 amide bonds. The molecule has 9 nitrogen and oxygen atoms in total. The van der Waals surface area contributed by atoms with E-state index in [1.54, 1.807) is 19.9 Å². The number of amides is 1. The van der Waals surface area contributed by atoms with Crippen LogP contribution in [0.2, 0.25) is 0 Å². The fourth-order valence-electron chi connectivity index (χ4n) is 2.87. The Kier molecular flexibility index (Phi) is 6.95. The largest absolute Gasteiger partial charge is 0.324 e. The topological polar surface area (TPSA) is 119 Å². The Hall–Kier alpha value is -3.55. The molecule has 0 aliphatic carbocycles. The number of rotatable bonds is 8. The van der Waals surface area contributed by atoms with Gasteiger partial charge in [0.25, 0.3) is 22.9 Å². The Bertz CT molecular complexity index is 1240. The van der Waals surface area contributed by atoms with Gasteiger partial charge in [-0.05, 0) is 50.2 Å². The van der Waals surface area contributed by atoms with E-state index in [0.717, 1.165) is 0 Å². The highest BCUT2D eigenvalue weighted by molar-refractivity contribution is 7.92. The molecule has 0 aliphatic rings. The summed E-state index contributed by atoms with van der Waals surface area (Å²) in [6.45, 7) is 2.63. The summed E-state index contributed by atoms with van der Waals surface area (Å²) < 4.78 is 79.4. The van der Waals surface area contributed by atoms with Crippen LogP contribution in [-0.2, 0) is 21.4 Å². The number of aryl methyl sites for hydroxylation is 2. The molecule has 2 heterocycles. The van der Waals surface area contributed by atoms with E-state index in [1.807, 2.05) is 0 Å². The first-order valence-corrected chi connectivity index (χ1v) is 10.8. The van der Waals surface area contributed by atoms with E-state index in [-0.39, 0.29) is 16.5 Å². The maximum atomic E-state index is 13.0. The van der Waals surface area contributed by atoms with Crippen LogP contribution in [0.15, 0.2) is 41.3 Å². The van der Waals surface area contributed by atoms with Gasteiger partial charge in [-0.1, -0.05) is 0 Å². The van der Waals surface area contributed by atoms with E-state index in [9.17, 15) is 30.8 Å². The Balaban J connectivity index is 1.70. The lowest BCUT2D eigenvalue weighted by Gasteiger charge is -2.10. The van der Waals surface area contributed by atoms with Gasteiger partial charge in [0.05, 0.1) is 4.90 Å². The third-order valence-corrected chi connectivity index (χ3v) is 5.57. The SMILES string of the molecule is Cc1cc(C)nc(NS(=O)(=O)c2ccc(NC(=O)Cn3nc(C(F)F)cc3C(F)F)cc2)n1. The lowest BCUT2D eigenvalue weighted by atomic mass is 10.3. The number of aromatic nitrogens is 4. The van der Waals surface area contributed by atoms with Gasteiger partial charge in [-0.15, -0.1) is 0 Å². The van der Waals surface area contributed by atoms with Crippen LogP contribution in [0.5, 0.6) is 0 Å². The molecule has 0 fully saturated rings. The van der Waals surface area contributed by atoms with Gasteiger partial charge in [-0.2, -0.15) is 5.10 Å². The molecular formula is C19H18F4N6O3S. The molecule has 0 aliphatic heterocycles. The Morgan fingerprint density at radius 2 is 1.61 bits per heavy atom. The molecule has 176 valence electrons. The van der Waals surface area contributed by atoms with Crippen LogP contribution in [0.4, 0.5) is 29.2 Å². The minimum Gasteiger partial charge on any atom is -0.324 e. The summed E-state index contributed by atoms with van der Waals surface area (Å²) in [6, 6.07) is 7.17. The predicted molar refractivity (Wildman–Crippen MR) is 110 cm³/mol. The predicted octanol–water partition coefficient (Wildman–Crippen LogP) is 3.60. The Morgan fingerprint density at radius 3 is 2.15 bits per heavy atom. The van der Waals surface area contributed by atoms with E-state index >= 15 is 0 Å². The molecule has 3 rings (SSSR count). The normalized spacial score (nSPS) is 11.8. The molecule has 33 heavy (non-hydrogen) atoms. The van der Waals surface area contributed by atoms with Gasteiger partial charge in [0.15, 0.2) is 0 Å². The maximum Gasteiger partial charge on any atom is 0.282 e. The zero-order valence-corrected chi connectivity index (χ0v) is 18.1. The fourth-order valence-corrected chi connectivity index (χ4v) is 3.81. The summed E-state index contributed by atoms with van der Waals surface area (Å²) >= 11 is 0. The molecule has 0 saturated heterocycles. The monoisotopic (exact) mass is 486 g/mol. The molecule has 3 aromatic rings. The van der Waals surface area contributed by atoms with Crippen LogP contribution >= 0.6 is 0 Å². The first-order chi connectivity index (χ1) is 15.4. The maximum absolute atomic E-state index is 13.0. The fraction of sp³-hybridized carbons (Fsp3) is 0.263. The molecule has 0 unspecified atom stereocenters. The Labute approximate surface area is 185 Å². The van der Waals surface area contributed by atoms with Gasteiger partial charge < -0.3 is 5.32 Å². The van der Waals surface area contributed by atoms with Crippen LogP contribution in [0.3, 0.4) is 0 Å². The number of nitrogens with zero attached hydrogens (tertiary/aromatic N) is 4. The van der Waals surface area contributed by atoms with Crippen molar-refractivity contribution in [3.8, 4) is 0 Å². The molecule has 0 saturated carbocycles. The van der Waals surface area contributed by atoms with Gasteiger partial charge in [0.1, 0.15) is 17.9 Å². The van der Waals surface area contributed by atoms with Crippen LogP contribution in [0.1, 0.15) is 35.6 Å². The van der Waals surface area contributed by atoms with Gasteiger partial charge >= 0.3 is 0 Å². The van der Waals surface area contributed by atoms with Gasteiger partial charge in [0, 0.05) is 17.1 Å². The van der Waals surface area contributed by atoms with E-state index < -0.39 is 46.7 Å². The summed E-state index contributed by atoms with van der Waals surface area (Å²) in [6.07, 6.45) is -6.17. The third kappa shape index (κ3) is 6.03. The van der Waals surface area contributed by atoms with E-state index in [4.69, 9.17) is 0 Å². The van der Waals surface area contributed by atoms with E-state index in [0.29, 0.717) is 22.1 Å². The Morgan fingerprint density at radius 1 is 1.00 bits per heavy atom. The van der Waals surface area contributed by atoms with Crippen molar-refractivity contribution < 1.29 is 30.8 Å². The first-order valence-electron chi connectivity index (χ1n) is 9.33. The molecule has 0 spiro atoms. The van der Waals surface area contributed by atoms with Crippen molar-refractivity contribution in [2.45, 2.75) is 38.1 Å². The zero-order chi connectivity index (χ0) is 24.3. The summed E-state index contributed by atoms with van der Waals surface area (Å²) in [7, 11) is -4.02. The van der Waals surface area contributed by atoms with E-state index in [1.165, 1.54) is 24.3 Å². The summed E-state index contributed by atoms with van der Waals surface area (Å²) in [5, 5.41) is 5.70. The number of sulfonamides is 1. The van der Waals surface area contributed by atoms with Crippen LogP contribution in [-0.4, -0.2) is 34.1 Å². The molecule has 2 aromatic heterocycles. The smallest absolute Gasteiger partial charge is 0.282 e. The lowest BCUT2D eigenvalue weighted by Crippen LogP contribution is -2.21. The van der Waals surface area contributed by atoms with Crippen molar-refractivity contribution in [2.75, 3.05) is 10.0 Å². The van der Waals surface area contributed by atoms with Crippen molar-refractivity contribution in [1.82, 2.24) is 19.7 Å². The molecule has 0 radical (unpaired) electrons. The highest BCUT2D eigenvalue weighted by Crippen LogP contribution is 2.25. The second-order valence-electron chi connectivity index (χ2n) is 6.91. The van der Waals surface area contributed by atoms with E-state index in [2.05, 4.69) is 25.1 Å². The molecular weight excluding hydrogens is 468 g/mol. The third-order valence-electron chi connectivity index (χ3n) is 4.23. The molecule has 0 bridgehead atoms. The standard InChI is InChI=1S/C19H18F4N6O3S/c1-10-7-11(2)25-19(24-10)28-33(31,32)13-5-3-12(4-6-13)26-16(30)9-29-15(18(22)23)8-14(27-29)17(20)21/h3-8,17-18H,9H2,1-2H3,(H,26,30)(H,24,25,28). The van der Waals surface area contributed by atoms with Gasteiger partial charge in [0.2, 0.25) is 11.9 Å². The molecule has 2 N–H and O–H groups in total. The molecule has 14 heteroatoms. The zero-order valence-electron chi connectivity index (χ0n) is 17.3. The summed E-state index contributed by atoms with van der Waals surface area (Å²) in [5.41, 5.74) is -0.381. The highest BCUT2D eigenvalue weighted by atomic mass is 32.2. The highest BCUT2D eigenvalue weighted by Gasteiger charge is 2.22. The number of hydrogen-bond donors (Lipinski definition) is 2. The second kappa shape index (κ2) is 9.52. The van der Waals surface area contributed by atoms with Crippen molar-refractivity contribution in [2.24, 2.45) is 0 Å². The van der Waals surface area contributed by atoms with Crippen LogP contribution in [0, 0.1) is 13.8 Å². The van der Waals surface area contributed by atoms with Crippen molar-refractivity contribution in [3.63, 3.8) is 0 Å². The van der Waals surface area contributed by atoms with Crippen LogP contribution < -0.4 is 10.0 Å². The van der Waals surface area contributed by atoms with Crippen molar-refractivity contribution in [1.29, 1.82) is 0 Å². The number of benzene rings is 1. The van der Waals surface area contributed by atoms with Crippen molar-refractivity contribution in [3.05, 3.63) is 59.2 Å². The average Bonchev–Trinajstić information content (AvgIpc) is 3.11. The number of anilines is 2. The average molecular weight is 486 g/mol. The lowest BCUT2D eigenvalue weighted by molar-refractivity contribution is -0.117. The van der Waals surface area contributed by atoms with Crippen molar-refractivity contribution >= 4 is 27.6 Å². The summed E-state index contributed by atoms with van der Waals surface area (Å²) in [4.78, 5) is 20.0. The summed E-state index contributed by atoms with van der Waals surface area (Å²) in [5.74, 6) is -0.916. The minimum atomic E-state index is -4.02. The minimum absolute atomic E-state index is 0.0953. The number of carbonyl (C=O) groups is 1. The van der Waals surface area contributed by atoms with Crippen LogP contribution in [0.25, 0.3) is 0 Å². The molecule has 1 aromatic carbocycles. The second-order valence-corrected chi connectivity index (χ2v) is 8.59. The number of alkyl halides is 4. The number of nitrogens with one attached hydrogen (secondary N) is 2. The van der Waals surface area contributed by atoms with Gasteiger partial charge in [-0.3, -0.25) is 9.48 Å². The van der Waals surface area contributed by atoms with Gasteiger partial charge in [-0.25, -0.2) is 40.7 Å².